The van der Waals surface area contributed by atoms with Crippen molar-refractivity contribution >= 4 is 45.4 Å². The molecule has 5 N–H and O–H groups in total. The minimum atomic E-state index is -1.03. The summed E-state index contributed by atoms with van der Waals surface area (Å²) >= 11 is 1.52. The Morgan fingerprint density at radius 1 is 1.00 bits per heavy atom. The Labute approximate surface area is 459 Å². The number of thiazole rings is 1. The molecule has 78 heavy (non-hydrogen) atoms. The molecule has 4 aliphatic rings. The third-order valence-electron chi connectivity index (χ3n) is 15.9. The maximum absolute atomic E-state index is 14.0. The fraction of sp³-hybridized carbons (Fsp3) is 0.500. The first-order chi connectivity index (χ1) is 37.7. The summed E-state index contributed by atoms with van der Waals surface area (Å²) in [5, 5.41) is 56.9. The second-order valence-corrected chi connectivity index (χ2v) is 22.5. The van der Waals surface area contributed by atoms with Gasteiger partial charge in [-0.3, -0.25) is 14.5 Å². The summed E-state index contributed by atoms with van der Waals surface area (Å²) in [5.41, 5.74) is 8.04. The molecule has 20 heteroatoms. The average Bonchev–Trinajstić information content (AvgIpc) is 4.34. The number of aromatic nitrogens is 4. The maximum Gasteiger partial charge on any atom is 0.243 e. The number of aryl methyl sites for hydroxylation is 2. The van der Waals surface area contributed by atoms with Gasteiger partial charge in [-0.1, -0.05) is 67.5 Å². The number of benzene rings is 3. The van der Waals surface area contributed by atoms with E-state index in [1.54, 1.807) is 18.5 Å². The molecule has 0 spiro atoms. The summed E-state index contributed by atoms with van der Waals surface area (Å²) in [4.78, 5) is 51.8. The Morgan fingerprint density at radius 3 is 2.62 bits per heavy atom. The molecule has 0 bridgehead atoms. The van der Waals surface area contributed by atoms with E-state index in [2.05, 4.69) is 84.0 Å². The van der Waals surface area contributed by atoms with E-state index in [9.17, 15) is 30.2 Å². The van der Waals surface area contributed by atoms with Gasteiger partial charge in [0.1, 0.15) is 42.0 Å². The number of likely N-dealkylation sites (tertiary alicyclic amines) is 2. The van der Waals surface area contributed by atoms with Gasteiger partial charge < -0.3 is 54.6 Å². The minimum Gasteiger partial charge on any atom is -0.491 e. The van der Waals surface area contributed by atoms with Crippen molar-refractivity contribution in [1.29, 1.82) is 5.26 Å². The highest BCUT2D eigenvalue weighted by Gasteiger charge is 2.44. The van der Waals surface area contributed by atoms with Gasteiger partial charge in [-0.05, 0) is 62.7 Å². The quantitative estimate of drug-likeness (QED) is 0.0635. The van der Waals surface area contributed by atoms with Gasteiger partial charge in [-0.15, -0.1) is 11.3 Å². The Kier molecular flexibility index (Phi) is 17.0. The number of aliphatic hydroxyl groups is 3. The number of likely N-dealkylation sites (N-methyl/N-ethyl adjacent to an activating group) is 1. The number of nitrogens with one attached hydrogen (secondary N) is 2. The lowest BCUT2D eigenvalue weighted by Crippen LogP contribution is -2.51. The largest absolute Gasteiger partial charge is 0.491 e. The van der Waals surface area contributed by atoms with Crippen LogP contribution in [0, 0.1) is 37.0 Å². The molecule has 0 saturated carbocycles. The van der Waals surface area contributed by atoms with E-state index in [-0.39, 0.29) is 75.1 Å². The zero-order valence-electron chi connectivity index (χ0n) is 45.0. The van der Waals surface area contributed by atoms with Gasteiger partial charge in [0.25, 0.3) is 0 Å². The molecule has 0 aliphatic carbocycles. The number of nitrogens with zero attached hydrogens (tertiary/aromatic N) is 9. The molecule has 10 rings (SSSR count). The van der Waals surface area contributed by atoms with E-state index in [4.69, 9.17) is 24.0 Å². The van der Waals surface area contributed by atoms with E-state index in [1.807, 2.05) is 46.0 Å². The van der Waals surface area contributed by atoms with Gasteiger partial charge >= 0.3 is 0 Å². The number of carbonyl (C=O) groups excluding carboxylic acids is 2. The predicted molar refractivity (Wildman–Crippen MR) is 296 cm³/mol. The Hall–Kier alpha value is -6.57. The highest BCUT2D eigenvalue weighted by Crippen LogP contribution is 2.38. The van der Waals surface area contributed by atoms with Crippen LogP contribution in [0.25, 0.3) is 21.2 Å². The molecule has 3 aromatic heterocycles. The van der Waals surface area contributed by atoms with Crippen molar-refractivity contribution in [3.8, 4) is 22.3 Å². The topological polar surface area (TPSA) is 239 Å². The summed E-state index contributed by atoms with van der Waals surface area (Å²) in [6, 6.07) is 23.4. The van der Waals surface area contributed by atoms with Crippen LogP contribution >= 0.6 is 11.3 Å². The van der Waals surface area contributed by atoms with Crippen LogP contribution in [-0.4, -0.2) is 154 Å². The third-order valence-corrected chi connectivity index (χ3v) is 16.9. The summed E-state index contributed by atoms with van der Waals surface area (Å²) in [6.45, 7) is 12.0. The number of ether oxygens (including phenoxy) is 2. The molecular formula is C58H71N11O8S. The van der Waals surface area contributed by atoms with E-state index in [0.717, 1.165) is 65.0 Å². The van der Waals surface area contributed by atoms with Crippen LogP contribution in [0.3, 0.4) is 0 Å². The molecule has 2 amide bonds. The molecule has 4 aliphatic heterocycles. The maximum atomic E-state index is 14.0. The summed E-state index contributed by atoms with van der Waals surface area (Å²) in [7, 11) is 1.96. The number of piperazine rings is 1. The lowest BCUT2D eigenvalue weighted by atomic mass is 9.91. The van der Waals surface area contributed by atoms with E-state index in [0.29, 0.717) is 61.1 Å². The first-order valence-electron chi connectivity index (χ1n) is 27.2. The number of fused-ring (bicyclic) bond motifs is 2. The zero-order chi connectivity index (χ0) is 54.6. The van der Waals surface area contributed by atoms with Crippen LogP contribution in [0.5, 0.6) is 5.75 Å². The van der Waals surface area contributed by atoms with Crippen molar-refractivity contribution in [3.63, 3.8) is 0 Å². The number of amides is 2. The van der Waals surface area contributed by atoms with E-state index < -0.39 is 30.3 Å². The number of nitriles is 1. The van der Waals surface area contributed by atoms with E-state index in [1.165, 1.54) is 27.0 Å². The average molecular weight is 1080 g/mol. The highest BCUT2D eigenvalue weighted by molar-refractivity contribution is 7.13. The van der Waals surface area contributed by atoms with Crippen molar-refractivity contribution < 1.29 is 38.9 Å². The smallest absolute Gasteiger partial charge is 0.243 e. The lowest BCUT2D eigenvalue weighted by molar-refractivity contribution is -0.141. The fourth-order valence-electron chi connectivity index (χ4n) is 11.8. The first-order valence-corrected chi connectivity index (χ1v) is 28.1. The minimum absolute atomic E-state index is 0.00314. The molecule has 19 nitrogen and oxygen atoms in total. The molecule has 6 aromatic rings. The number of hydrogen-bond acceptors (Lipinski definition) is 18. The zero-order valence-corrected chi connectivity index (χ0v) is 45.9. The van der Waals surface area contributed by atoms with Crippen molar-refractivity contribution in [2.45, 2.75) is 109 Å². The van der Waals surface area contributed by atoms with Gasteiger partial charge in [0, 0.05) is 98.5 Å². The Bertz CT molecular complexity index is 3120. The standard InChI is InChI=1S/C58H71N11O8S/c1-34(2)52(51-23-35(3)65-77-51)58(74)69-30-42(70)26-48(69)57(73)61-27-39-14-13-38(54-36(4)62-33-78-54)25-50(39)76-22-21-75-32-49(71)40-24-47(66(5)28-40)53(72)55-63-45-31-67(46-12-8-10-37-9-6-7-11-43(37)46)19-16-44(45)56(64-55)68-20-18-60-41(29-68)15-17-59/h6-14,23,25,33-34,40-42,47-49,52-53,60,70-72H,15-16,18-22,24,26-32H2,1-5H3,(H,61,73)/t40-,41+,42-,47+,48+,49?,52-,53?/m1/s1. The van der Waals surface area contributed by atoms with Gasteiger partial charge in [0.15, 0.2) is 5.82 Å². The number of rotatable bonds is 19. The molecule has 7 heterocycles. The molecular weight excluding hydrogens is 1010 g/mol. The van der Waals surface area contributed by atoms with Crippen LogP contribution < -0.4 is 25.2 Å². The molecule has 412 valence electrons. The SMILES string of the molecule is Cc1cc([C@H](C(=O)N2C[C@H](O)C[C@H]2C(=O)NCc2ccc(-c3scnc3C)cc2OCCOCC(O)[C@@H]2C[C@@H](C(O)c3nc4c(c(N5CCN[C@@H](CC#N)C5)n3)CCN(c3cccc5ccccc35)C4)N(C)C2)C(C)C)on1. The molecule has 3 aromatic carbocycles. The Balaban J connectivity index is 0.778. The van der Waals surface area contributed by atoms with Crippen molar-refractivity contribution in [2.75, 3.05) is 75.9 Å². The third kappa shape index (κ3) is 11.9. The molecule has 3 saturated heterocycles. The monoisotopic (exact) mass is 1080 g/mol. The van der Waals surface area contributed by atoms with Gasteiger partial charge in [0.05, 0.1) is 71.9 Å². The number of aliphatic hydroxyl groups excluding tert-OH is 3. The second kappa shape index (κ2) is 24.2. The van der Waals surface area contributed by atoms with Crippen LogP contribution in [-0.2, 0) is 33.8 Å². The van der Waals surface area contributed by atoms with Crippen LogP contribution in [0.1, 0.15) is 84.9 Å². The van der Waals surface area contributed by atoms with E-state index >= 15 is 0 Å². The number of hydrogen-bond donors (Lipinski definition) is 5. The van der Waals surface area contributed by atoms with Gasteiger partial charge in [-0.2, -0.15) is 5.26 Å². The first kappa shape index (κ1) is 54.8. The molecule has 0 radical (unpaired) electrons. The normalized spacial score (nSPS) is 21.9. The second-order valence-electron chi connectivity index (χ2n) is 21.7. The number of anilines is 2. The number of β-amino-alcohol motifs (C(OH)–C–C–N with tert-alkyl or cyclic N) is 1. The van der Waals surface area contributed by atoms with Crippen molar-refractivity contribution in [2.24, 2.45) is 11.8 Å². The van der Waals surface area contributed by atoms with Crippen molar-refractivity contribution in [3.05, 3.63) is 112 Å². The molecule has 8 atom stereocenters. The lowest BCUT2D eigenvalue weighted by Gasteiger charge is -2.38. The molecule has 2 unspecified atom stereocenters. The summed E-state index contributed by atoms with van der Waals surface area (Å²) < 4.78 is 17.9. The summed E-state index contributed by atoms with van der Waals surface area (Å²) in [5.74, 6) is 0.450. The predicted octanol–water partition coefficient (Wildman–Crippen LogP) is 5.44. The number of carbonyl (C=O) groups is 2. The van der Waals surface area contributed by atoms with Gasteiger partial charge in [-0.25, -0.2) is 15.0 Å². The van der Waals surface area contributed by atoms with Crippen LogP contribution in [0.15, 0.2) is 76.8 Å². The summed E-state index contributed by atoms with van der Waals surface area (Å²) in [6.07, 6.45) is -0.988. The Morgan fingerprint density at radius 2 is 1.83 bits per heavy atom. The van der Waals surface area contributed by atoms with Gasteiger partial charge in [0.2, 0.25) is 11.8 Å². The molecule has 3 fully saturated rings. The fourth-order valence-corrected chi connectivity index (χ4v) is 12.6. The van der Waals surface area contributed by atoms with Crippen molar-refractivity contribution in [1.82, 2.24) is 40.5 Å². The highest BCUT2D eigenvalue weighted by atomic mass is 32.1. The van der Waals surface area contributed by atoms with Crippen LogP contribution in [0.4, 0.5) is 11.5 Å². The van der Waals surface area contributed by atoms with Crippen LogP contribution in [0.2, 0.25) is 0 Å².